The standard InChI is InChI=1S/C19H24N8O2/c1-15(28)24-7-9-25(10-8-24)17(29)16-3-6-22-19(23-16)27-13-11-26(12-14-27)18-20-4-2-5-21-18/h2-6H,7-14H2,1H3. The Bertz CT molecular complexity index is 862. The van der Waals surface area contributed by atoms with Gasteiger partial charge in [-0.25, -0.2) is 19.9 Å². The van der Waals surface area contributed by atoms with Gasteiger partial charge in [0, 0.05) is 77.9 Å². The van der Waals surface area contributed by atoms with E-state index in [9.17, 15) is 9.59 Å². The molecule has 0 radical (unpaired) electrons. The third kappa shape index (κ3) is 4.25. The predicted octanol–water partition coefficient (Wildman–Crippen LogP) is -0.102. The van der Waals surface area contributed by atoms with Gasteiger partial charge in [-0.2, -0.15) is 0 Å². The van der Waals surface area contributed by atoms with E-state index in [0.29, 0.717) is 37.8 Å². The molecule has 2 amide bonds. The van der Waals surface area contributed by atoms with E-state index < -0.39 is 0 Å². The number of carbonyl (C=O) groups excluding carboxylic acids is 2. The van der Waals surface area contributed by atoms with Crippen LogP contribution in [-0.2, 0) is 4.79 Å². The van der Waals surface area contributed by atoms with E-state index in [2.05, 4.69) is 29.7 Å². The highest BCUT2D eigenvalue weighted by Crippen LogP contribution is 2.15. The number of carbonyl (C=O) groups is 2. The fourth-order valence-corrected chi connectivity index (χ4v) is 3.57. The summed E-state index contributed by atoms with van der Waals surface area (Å²) in [5.41, 5.74) is 0.389. The summed E-state index contributed by atoms with van der Waals surface area (Å²) in [6, 6.07) is 3.45. The zero-order chi connectivity index (χ0) is 20.2. The van der Waals surface area contributed by atoms with Crippen molar-refractivity contribution in [1.29, 1.82) is 0 Å². The first-order valence-corrected chi connectivity index (χ1v) is 9.76. The lowest BCUT2D eigenvalue weighted by Gasteiger charge is -2.35. The van der Waals surface area contributed by atoms with Crippen LogP contribution in [0, 0.1) is 0 Å². The third-order valence-electron chi connectivity index (χ3n) is 5.27. The minimum absolute atomic E-state index is 0.0430. The fraction of sp³-hybridized carbons (Fsp3) is 0.474. The van der Waals surface area contributed by atoms with Gasteiger partial charge in [0.1, 0.15) is 5.69 Å². The molecule has 4 rings (SSSR count). The van der Waals surface area contributed by atoms with Crippen molar-refractivity contribution in [2.24, 2.45) is 0 Å². The van der Waals surface area contributed by atoms with Gasteiger partial charge in [0.15, 0.2) is 0 Å². The molecule has 2 aromatic heterocycles. The smallest absolute Gasteiger partial charge is 0.272 e. The van der Waals surface area contributed by atoms with Crippen LogP contribution in [0.4, 0.5) is 11.9 Å². The number of hydrogen-bond acceptors (Lipinski definition) is 8. The number of rotatable bonds is 3. The van der Waals surface area contributed by atoms with Crippen LogP contribution in [0.25, 0.3) is 0 Å². The van der Waals surface area contributed by atoms with Crippen molar-refractivity contribution < 1.29 is 9.59 Å². The summed E-state index contributed by atoms with van der Waals surface area (Å²) in [5, 5.41) is 0. The molecule has 2 aliphatic rings. The van der Waals surface area contributed by atoms with Gasteiger partial charge >= 0.3 is 0 Å². The molecule has 152 valence electrons. The van der Waals surface area contributed by atoms with Gasteiger partial charge < -0.3 is 19.6 Å². The van der Waals surface area contributed by atoms with Crippen LogP contribution >= 0.6 is 0 Å². The van der Waals surface area contributed by atoms with Crippen molar-refractivity contribution in [3.8, 4) is 0 Å². The summed E-state index contributed by atoms with van der Waals surface area (Å²) < 4.78 is 0. The summed E-state index contributed by atoms with van der Waals surface area (Å²) in [7, 11) is 0. The van der Waals surface area contributed by atoms with Gasteiger partial charge in [-0.05, 0) is 12.1 Å². The monoisotopic (exact) mass is 396 g/mol. The highest BCUT2D eigenvalue weighted by molar-refractivity contribution is 5.92. The SMILES string of the molecule is CC(=O)N1CCN(C(=O)c2ccnc(N3CCN(c4ncccn4)CC3)n2)CC1. The molecule has 0 aromatic carbocycles. The number of amides is 2. The van der Waals surface area contributed by atoms with Gasteiger partial charge in [-0.3, -0.25) is 9.59 Å². The Morgan fingerprint density at radius 2 is 1.31 bits per heavy atom. The van der Waals surface area contributed by atoms with Crippen LogP contribution in [0.5, 0.6) is 0 Å². The first-order valence-electron chi connectivity index (χ1n) is 9.76. The molecule has 2 aromatic rings. The lowest BCUT2D eigenvalue weighted by Crippen LogP contribution is -2.50. The number of aromatic nitrogens is 4. The maximum atomic E-state index is 12.8. The Labute approximate surface area is 169 Å². The summed E-state index contributed by atoms with van der Waals surface area (Å²) in [6.45, 7) is 6.70. The number of hydrogen-bond donors (Lipinski definition) is 0. The average Bonchev–Trinajstić information content (AvgIpc) is 2.79. The van der Waals surface area contributed by atoms with Crippen molar-refractivity contribution in [2.45, 2.75) is 6.92 Å². The van der Waals surface area contributed by atoms with Gasteiger partial charge in [-0.15, -0.1) is 0 Å². The normalized spacial score (nSPS) is 17.4. The Morgan fingerprint density at radius 3 is 1.93 bits per heavy atom. The molecule has 0 atom stereocenters. The number of piperazine rings is 2. The molecule has 2 aliphatic heterocycles. The van der Waals surface area contributed by atoms with Gasteiger partial charge in [0.25, 0.3) is 5.91 Å². The molecule has 29 heavy (non-hydrogen) atoms. The summed E-state index contributed by atoms with van der Waals surface area (Å²) in [6.07, 6.45) is 5.11. The van der Waals surface area contributed by atoms with Gasteiger partial charge in [0.05, 0.1) is 0 Å². The quantitative estimate of drug-likeness (QED) is 0.709. The first kappa shape index (κ1) is 19.0. The van der Waals surface area contributed by atoms with E-state index in [1.807, 2.05) is 0 Å². The molecule has 0 N–H and O–H groups in total. The minimum atomic E-state index is -0.117. The maximum Gasteiger partial charge on any atom is 0.272 e. The molecular formula is C19H24N8O2. The molecule has 4 heterocycles. The molecule has 10 heteroatoms. The zero-order valence-corrected chi connectivity index (χ0v) is 16.4. The summed E-state index contributed by atoms with van der Waals surface area (Å²) in [4.78, 5) is 49.5. The van der Waals surface area contributed by atoms with Crippen LogP contribution in [0.2, 0.25) is 0 Å². The van der Waals surface area contributed by atoms with E-state index in [0.717, 1.165) is 32.1 Å². The topological polar surface area (TPSA) is 98.7 Å². The Kier molecular flexibility index (Phi) is 5.50. The fourth-order valence-electron chi connectivity index (χ4n) is 3.57. The molecule has 0 unspecified atom stereocenters. The lowest BCUT2D eigenvalue weighted by molar-refractivity contribution is -0.130. The largest absolute Gasteiger partial charge is 0.339 e. The summed E-state index contributed by atoms with van der Waals surface area (Å²) >= 11 is 0. The van der Waals surface area contributed by atoms with E-state index in [-0.39, 0.29) is 11.8 Å². The van der Waals surface area contributed by atoms with Crippen molar-refractivity contribution in [2.75, 3.05) is 62.2 Å². The second-order valence-corrected chi connectivity index (χ2v) is 7.06. The lowest BCUT2D eigenvalue weighted by atomic mass is 10.2. The Balaban J connectivity index is 1.38. The first-order chi connectivity index (χ1) is 14.1. The van der Waals surface area contributed by atoms with Crippen LogP contribution in [0.15, 0.2) is 30.7 Å². The molecular weight excluding hydrogens is 372 g/mol. The highest BCUT2D eigenvalue weighted by atomic mass is 16.2. The second kappa shape index (κ2) is 8.38. The molecule has 2 fully saturated rings. The second-order valence-electron chi connectivity index (χ2n) is 7.06. The van der Waals surface area contributed by atoms with E-state index >= 15 is 0 Å². The van der Waals surface area contributed by atoms with Crippen molar-refractivity contribution in [3.63, 3.8) is 0 Å². The minimum Gasteiger partial charge on any atom is -0.339 e. The molecule has 10 nitrogen and oxygen atoms in total. The molecule has 0 bridgehead atoms. The van der Waals surface area contributed by atoms with Crippen LogP contribution in [0.3, 0.4) is 0 Å². The number of anilines is 2. The van der Waals surface area contributed by atoms with Crippen molar-refractivity contribution in [1.82, 2.24) is 29.7 Å². The number of nitrogens with zero attached hydrogens (tertiary/aromatic N) is 8. The van der Waals surface area contributed by atoms with Crippen molar-refractivity contribution >= 4 is 23.7 Å². The molecule has 2 saturated heterocycles. The predicted molar refractivity (Wildman–Crippen MR) is 107 cm³/mol. The molecule has 0 aliphatic carbocycles. The Morgan fingerprint density at radius 1 is 0.759 bits per heavy atom. The van der Waals surface area contributed by atoms with Crippen LogP contribution in [-0.4, -0.2) is 93.9 Å². The molecule has 0 saturated carbocycles. The van der Waals surface area contributed by atoms with E-state index in [4.69, 9.17) is 0 Å². The van der Waals surface area contributed by atoms with E-state index in [1.165, 1.54) is 0 Å². The van der Waals surface area contributed by atoms with E-state index in [1.54, 1.807) is 47.4 Å². The highest BCUT2D eigenvalue weighted by Gasteiger charge is 2.26. The third-order valence-corrected chi connectivity index (χ3v) is 5.27. The average molecular weight is 396 g/mol. The zero-order valence-electron chi connectivity index (χ0n) is 16.4. The van der Waals surface area contributed by atoms with Gasteiger partial charge in [-0.1, -0.05) is 0 Å². The summed E-state index contributed by atoms with van der Waals surface area (Å²) in [5.74, 6) is 1.21. The van der Waals surface area contributed by atoms with Crippen molar-refractivity contribution in [3.05, 3.63) is 36.4 Å². The van der Waals surface area contributed by atoms with Crippen LogP contribution < -0.4 is 9.80 Å². The van der Waals surface area contributed by atoms with Crippen LogP contribution in [0.1, 0.15) is 17.4 Å². The van der Waals surface area contributed by atoms with Gasteiger partial charge in [0.2, 0.25) is 17.8 Å². The maximum absolute atomic E-state index is 12.8. The Hall–Kier alpha value is -3.30. The molecule has 0 spiro atoms.